The first-order chi connectivity index (χ1) is 19.0. The van der Waals surface area contributed by atoms with Gasteiger partial charge >= 0.3 is 0 Å². The zero-order valence-electron chi connectivity index (χ0n) is 21.1. The number of Topliss-reactive ketones (excluding diaryl/α,β-unsaturated/α-hetero) is 1. The Morgan fingerprint density at radius 2 is 1.74 bits per heavy atom. The average Bonchev–Trinajstić information content (AvgIpc) is 3.57. The van der Waals surface area contributed by atoms with Gasteiger partial charge in [-0.2, -0.15) is 10.1 Å². The van der Waals surface area contributed by atoms with Crippen LogP contribution in [0.15, 0.2) is 101 Å². The molecule has 194 valence electrons. The minimum Gasteiger partial charge on any atom is -0.497 e. The van der Waals surface area contributed by atoms with Crippen molar-refractivity contribution in [1.29, 1.82) is 0 Å². The van der Waals surface area contributed by atoms with Crippen molar-refractivity contribution >= 4 is 45.1 Å². The van der Waals surface area contributed by atoms with E-state index < -0.39 is 11.1 Å². The Morgan fingerprint density at radius 3 is 2.49 bits per heavy atom. The molecule has 0 fully saturated rings. The van der Waals surface area contributed by atoms with Gasteiger partial charge in [-0.1, -0.05) is 60.3 Å². The maximum Gasteiger partial charge on any atom is 0.262 e. The Hall–Kier alpha value is -4.30. The number of nitrogens with zero attached hydrogens (tertiary/aromatic N) is 3. The van der Waals surface area contributed by atoms with Crippen molar-refractivity contribution in [1.82, 2.24) is 5.01 Å². The summed E-state index contributed by atoms with van der Waals surface area (Å²) >= 11 is 1.25. The number of carbonyl (C=O) groups excluding carboxylic acids is 2. The van der Waals surface area contributed by atoms with Gasteiger partial charge < -0.3 is 4.74 Å². The topological polar surface area (TPSA) is 71.3 Å². The van der Waals surface area contributed by atoms with Crippen molar-refractivity contribution in [3.63, 3.8) is 0 Å². The highest BCUT2D eigenvalue weighted by Gasteiger charge is 2.39. The second-order valence-corrected chi connectivity index (χ2v) is 10.6. The van der Waals surface area contributed by atoms with Crippen LogP contribution in [0.25, 0.3) is 10.8 Å². The number of aliphatic imine (C=N–C) groups is 1. The lowest BCUT2D eigenvalue weighted by molar-refractivity contribution is -0.117. The van der Waals surface area contributed by atoms with Crippen LogP contribution in [0.1, 0.15) is 40.4 Å². The predicted molar refractivity (Wildman–Crippen MR) is 152 cm³/mol. The molecular weight excluding hydrogens is 513 g/mol. The second-order valence-electron chi connectivity index (χ2n) is 9.42. The highest BCUT2D eigenvalue weighted by Crippen LogP contribution is 2.39. The summed E-state index contributed by atoms with van der Waals surface area (Å²) in [5.74, 6) is -0.262. The van der Waals surface area contributed by atoms with Gasteiger partial charge in [-0.15, -0.1) is 0 Å². The minimum atomic E-state index is -0.658. The number of amidine groups is 1. The van der Waals surface area contributed by atoms with Gasteiger partial charge in [-0.25, -0.2) is 9.40 Å². The molecule has 0 spiro atoms. The van der Waals surface area contributed by atoms with Gasteiger partial charge in [0.25, 0.3) is 5.91 Å². The van der Waals surface area contributed by atoms with E-state index in [2.05, 4.69) is 35.3 Å². The van der Waals surface area contributed by atoms with E-state index in [0.717, 1.165) is 33.4 Å². The first-order valence-corrected chi connectivity index (χ1v) is 13.4. The molecule has 6 nitrogen and oxygen atoms in total. The normalized spacial score (nSPS) is 18.8. The molecule has 0 saturated carbocycles. The molecule has 8 heteroatoms. The minimum absolute atomic E-state index is 0.0234. The first-order valence-electron chi connectivity index (χ1n) is 12.6. The van der Waals surface area contributed by atoms with Crippen molar-refractivity contribution in [2.75, 3.05) is 7.11 Å². The van der Waals surface area contributed by atoms with Crippen molar-refractivity contribution in [2.45, 2.75) is 24.1 Å². The van der Waals surface area contributed by atoms with Crippen molar-refractivity contribution in [3.05, 3.63) is 114 Å². The molecule has 0 saturated heterocycles. The maximum atomic E-state index is 13.3. The standard InChI is InChI=1S/C31H24FN3O3S/c1-38-25-14-10-20(11-15-25)27-17-26(23-7-6-19-4-2-3-5-22(19)16-23)34-35(27)31-33-30(37)29(39-31)18-28(36)21-8-12-24(32)13-9-21/h2-16,27,29H,17-18H2,1H3/t27-,29-/m1/s1. The summed E-state index contributed by atoms with van der Waals surface area (Å²) in [6, 6.07) is 27.4. The third-order valence-corrected chi connectivity index (χ3v) is 8.10. The molecular formula is C31H24FN3O3S. The fraction of sp³-hybridized carbons (Fsp3) is 0.161. The summed E-state index contributed by atoms with van der Waals surface area (Å²) in [5, 5.41) is 8.84. The number of carbonyl (C=O) groups is 2. The smallest absolute Gasteiger partial charge is 0.262 e. The van der Waals surface area contributed by atoms with Crippen LogP contribution in [-0.4, -0.2) is 39.9 Å². The highest BCUT2D eigenvalue weighted by molar-refractivity contribution is 8.15. The summed E-state index contributed by atoms with van der Waals surface area (Å²) in [6.45, 7) is 0. The molecule has 0 radical (unpaired) electrons. The molecule has 2 heterocycles. The van der Waals surface area contributed by atoms with Crippen molar-refractivity contribution < 1.29 is 18.7 Å². The quantitative estimate of drug-likeness (QED) is 0.266. The van der Waals surface area contributed by atoms with Crippen LogP contribution in [0.3, 0.4) is 0 Å². The Bertz CT molecular complexity index is 1630. The number of hydrogen-bond donors (Lipinski definition) is 0. The van der Waals surface area contributed by atoms with E-state index in [9.17, 15) is 14.0 Å². The molecule has 0 N–H and O–H groups in total. The summed E-state index contributed by atoms with van der Waals surface area (Å²) in [5.41, 5.74) is 3.28. The second kappa shape index (κ2) is 10.5. The van der Waals surface area contributed by atoms with Crippen molar-refractivity contribution in [3.8, 4) is 5.75 Å². The fourth-order valence-corrected chi connectivity index (χ4v) is 5.90. The molecule has 0 bridgehead atoms. The van der Waals surface area contributed by atoms with E-state index in [0.29, 0.717) is 17.2 Å². The van der Waals surface area contributed by atoms with Crippen LogP contribution in [0, 0.1) is 5.82 Å². The van der Waals surface area contributed by atoms with Gasteiger partial charge in [0, 0.05) is 18.4 Å². The van der Waals surface area contributed by atoms with Crippen molar-refractivity contribution in [2.24, 2.45) is 10.1 Å². The van der Waals surface area contributed by atoms with Gasteiger partial charge in [0.1, 0.15) is 16.8 Å². The van der Waals surface area contributed by atoms with Crippen LogP contribution in [-0.2, 0) is 4.79 Å². The number of hydrogen-bond acceptors (Lipinski definition) is 6. The first kappa shape index (κ1) is 25.0. The molecule has 2 atom stereocenters. The molecule has 6 rings (SSSR count). The molecule has 1 amide bonds. The van der Waals surface area contributed by atoms with E-state index in [1.807, 2.05) is 36.4 Å². The average molecular weight is 538 g/mol. The van der Waals surface area contributed by atoms with E-state index in [1.54, 1.807) is 12.1 Å². The largest absolute Gasteiger partial charge is 0.497 e. The number of rotatable bonds is 6. The molecule has 39 heavy (non-hydrogen) atoms. The zero-order valence-corrected chi connectivity index (χ0v) is 21.9. The van der Waals surface area contributed by atoms with Crippen LogP contribution < -0.4 is 4.74 Å². The lowest BCUT2D eigenvalue weighted by atomic mass is 9.97. The number of hydrazone groups is 1. The number of ether oxygens (including phenoxy) is 1. The van der Waals surface area contributed by atoms with Crippen LogP contribution in [0.2, 0.25) is 0 Å². The molecule has 2 aliphatic rings. The summed E-state index contributed by atoms with van der Waals surface area (Å²) < 4.78 is 18.6. The Balaban J connectivity index is 1.29. The van der Waals surface area contributed by atoms with Gasteiger partial charge in [-0.3, -0.25) is 9.59 Å². The number of halogens is 1. The molecule has 0 unspecified atom stereocenters. The fourth-order valence-electron chi connectivity index (χ4n) is 4.84. The number of thioether (sulfide) groups is 1. The Labute approximate surface area is 229 Å². The van der Waals surface area contributed by atoms with E-state index in [4.69, 9.17) is 9.84 Å². The van der Waals surface area contributed by atoms with Gasteiger partial charge in [-0.05, 0) is 64.4 Å². The molecule has 0 aromatic heterocycles. The molecule has 4 aromatic rings. The number of ketones is 1. The number of methoxy groups -OCH3 is 1. The Morgan fingerprint density at radius 1 is 1.00 bits per heavy atom. The van der Waals surface area contributed by atoms with Gasteiger partial charge in [0.2, 0.25) is 0 Å². The number of fused-ring (bicyclic) bond motifs is 1. The van der Waals surface area contributed by atoms with E-state index in [-0.39, 0.29) is 24.2 Å². The lowest BCUT2D eigenvalue weighted by Gasteiger charge is -2.23. The predicted octanol–water partition coefficient (Wildman–Crippen LogP) is 6.41. The van der Waals surface area contributed by atoms with Gasteiger partial charge in [0.05, 0.1) is 18.9 Å². The molecule has 0 aliphatic carbocycles. The van der Waals surface area contributed by atoms with E-state index >= 15 is 0 Å². The third kappa shape index (κ3) is 5.07. The van der Waals surface area contributed by atoms with Crippen LogP contribution in [0.4, 0.5) is 4.39 Å². The summed E-state index contributed by atoms with van der Waals surface area (Å²) in [4.78, 5) is 30.0. The molecule has 4 aromatic carbocycles. The Kier molecular flexibility index (Phi) is 6.70. The summed E-state index contributed by atoms with van der Waals surface area (Å²) in [6.07, 6.45) is 0.599. The van der Waals surface area contributed by atoms with Crippen LogP contribution in [0.5, 0.6) is 5.75 Å². The van der Waals surface area contributed by atoms with Crippen LogP contribution >= 0.6 is 11.8 Å². The maximum absolute atomic E-state index is 13.3. The number of benzene rings is 4. The van der Waals surface area contributed by atoms with Gasteiger partial charge in [0.15, 0.2) is 11.0 Å². The third-order valence-electron chi connectivity index (χ3n) is 6.96. The lowest BCUT2D eigenvalue weighted by Crippen LogP contribution is -2.24. The molecule has 2 aliphatic heterocycles. The SMILES string of the molecule is COc1ccc([C@H]2CC(c3ccc4ccccc4c3)=NN2C2=NC(=O)[C@@H](CC(=O)c3ccc(F)cc3)S2)cc1. The van der Waals surface area contributed by atoms with E-state index in [1.165, 1.54) is 36.0 Å². The highest BCUT2D eigenvalue weighted by atomic mass is 32.2. The summed E-state index contributed by atoms with van der Waals surface area (Å²) in [7, 11) is 1.63. The monoisotopic (exact) mass is 537 g/mol. The zero-order chi connectivity index (χ0) is 26.9. The number of amides is 1.